The number of nitrogens with zero attached hydrogens (tertiary/aromatic N) is 2. The lowest BCUT2D eigenvalue weighted by atomic mass is 9.92. The van der Waals surface area contributed by atoms with E-state index in [0.29, 0.717) is 11.4 Å². The largest absolute Gasteiger partial charge is 0.416 e. The fourth-order valence-corrected chi connectivity index (χ4v) is 4.82. The summed E-state index contributed by atoms with van der Waals surface area (Å²) in [5, 5.41) is 2.15. The van der Waals surface area contributed by atoms with Crippen molar-refractivity contribution in [2.75, 3.05) is 0 Å². The molecule has 1 aliphatic rings. The summed E-state index contributed by atoms with van der Waals surface area (Å²) < 4.78 is 39.3. The molecule has 0 bridgehead atoms. The van der Waals surface area contributed by atoms with Crippen LogP contribution in [0.3, 0.4) is 0 Å². The molecule has 5 rings (SSSR count). The first kappa shape index (κ1) is 24.0. The minimum Gasteiger partial charge on any atom is -0.246 e. The van der Waals surface area contributed by atoms with Gasteiger partial charge in [-0.1, -0.05) is 82.3 Å². The number of aliphatic imine (C=N–C) groups is 2. The topological polar surface area (TPSA) is 24.7 Å². The lowest BCUT2D eigenvalue weighted by Gasteiger charge is -2.17. The van der Waals surface area contributed by atoms with Gasteiger partial charge in [-0.05, 0) is 52.6 Å². The molecule has 0 spiro atoms. The summed E-state index contributed by atoms with van der Waals surface area (Å²) >= 11 is 0. The third kappa shape index (κ3) is 4.23. The highest BCUT2D eigenvalue weighted by Crippen LogP contribution is 2.39. The maximum atomic E-state index is 13.1. The summed E-state index contributed by atoms with van der Waals surface area (Å²) in [4.78, 5) is 10.1. The van der Waals surface area contributed by atoms with E-state index in [1.807, 2.05) is 24.3 Å². The molecule has 0 radical (unpaired) electrons. The quantitative estimate of drug-likeness (QED) is 0.276. The molecule has 2 nitrogen and oxygen atoms in total. The number of rotatable bonds is 4. The summed E-state index contributed by atoms with van der Waals surface area (Å²) in [7, 11) is 0. The molecule has 0 aliphatic heterocycles. The van der Waals surface area contributed by atoms with E-state index in [0.717, 1.165) is 56.6 Å². The molecular weight excluding hydrogens is 457 g/mol. The Bertz CT molecular complexity index is 1480. The van der Waals surface area contributed by atoms with E-state index >= 15 is 0 Å². The Kier molecular flexibility index (Phi) is 6.03. The minimum absolute atomic E-state index is 0.276. The molecule has 0 N–H and O–H groups in total. The van der Waals surface area contributed by atoms with E-state index < -0.39 is 11.7 Å². The molecule has 1 aliphatic carbocycles. The fraction of sp³-hybridized carbons (Fsp3) is 0.226. The van der Waals surface area contributed by atoms with Gasteiger partial charge in [0.15, 0.2) is 0 Å². The molecular formula is C31H27F3N2. The first-order valence-electron chi connectivity index (χ1n) is 12.2. The Morgan fingerprint density at radius 2 is 1.11 bits per heavy atom. The third-order valence-corrected chi connectivity index (χ3v) is 6.64. The van der Waals surface area contributed by atoms with Gasteiger partial charge in [0.25, 0.3) is 0 Å². The van der Waals surface area contributed by atoms with Crippen molar-refractivity contribution in [3.8, 4) is 0 Å². The monoisotopic (exact) mass is 484 g/mol. The summed E-state index contributed by atoms with van der Waals surface area (Å²) in [5.74, 6) is 0.552. The van der Waals surface area contributed by atoms with Crippen LogP contribution in [-0.2, 0) is 6.18 Å². The second kappa shape index (κ2) is 9.05. The van der Waals surface area contributed by atoms with Gasteiger partial charge < -0.3 is 0 Å². The standard InChI is InChI=1S/C31H27F3N2/c1-18(2)23-10-7-11-24(19(3)4)28(23)36-30-26-13-6-9-20-8-5-12-25(27(20)26)29(30)35-22-16-14-21(15-17-22)31(32,33)34/h5-19H,1-4H3/b35-29+,36-30+. The van der Waals surface area contributed by atoms with Crippen molar-refractivity contribution in [3.63, 3.8) is 0 Å². The van der Waals surface area contributed by atoms with Crippen LogP contribution < -0.4 is 0 Å². The maximum Gasteiger partial charge on any atom is 0.416 e. The highest BCUT2D eigenvalue weighted by molar-refractivity contribution is 6.61. The summed E-state index contributed by atoms with van der Waals surface area (Å²) in [6, 6.07) is 23.5. The minimum atomic E-state index is -4.39. The van der Waals surface area contributed by atoms with Gasteiger partial charge in [0.1, 0.15) is 0 Å². The van der Waals surface area contributed by atoms with E-state index in [-0.39, 0.29) is 11.8 Å². The summed E-state index contributed by atoms with van der Waals surface area (Å²) in [5.41, 5.74) is 6.38. The van der Waals surface area contributed by atoms with Gasteiger partial charge in [0.2, 0.25) is 0 Å². The number of benzene rings is 4. The number of halogens is 3. The van der Waals surface area contributed by atoms with Crippen LogP contribution in [0.2, 0.25) is 0 Å². The number of alkyl halides is 3. The first-order chi connectivity index (χ1) is 17.1. The highest BCUT2D eigenvalue weighted by Gasteiger charge is 2.31. The molecule has 4 aromatic rings. The van der Waals surface area contributed by atoms with Crippen molar-refractivity contribution >= 4 is 33.6 Å². The zero-order chi connectivity index (χ0) is 25.6. The number of hydrogen-bond acceptors (Lipinski definition) is 2. The molecule has 0 saturated heterocycles. The number of hydrogen-bond donors (Lipinski definition) is 0. The van der Waals surface area contributed by atoms with Crippen molar-refractivity contribution in [1.82, 2.24) is 0 Å². The SMILES string of the molecule is CC(C)c1cccc(C(C)C)c1/N=C1/C(=N/c2ccc(C(F)(F)F)cc2)c2cccc3cccc1c23. The van der Waals surface area contributed by atoms with Crippen molar-refractivity contribution < 1.29 is 13.2 Å². The highest BCUT2D eigenvalue weighted by atomic mass is 19.4. The van der Waals surface area contributed by atoms with Gasteiger partial charge in [0, 0.05) is 16.5 Å². The van der Waals surface area contributed by atoms with Gasteiger partial charge in [-0.15, -0.1) is 0 Å². The first-order valence-corrected chi connectivity index (χ1v) is 12.2. The molecule has 4 aromatic carbocycles. The van der Waals surface area contributed by atoms with Gasteiger partial charge in [-0.2, -0.15) is 13.2 Å². The summed E-state index contributed by atoms with van der Waals surface area (Å²) in [6.07, 6.45) is -4.39. The molecule has 0 aromatic heterocycles. The third-order valence-electron chi connectivity index (χ3n) is 6.64. The lowest BCUT2D eigenvalue weighted by molar-refractivity contribution is -0.137. The van der Waals surface area contributed by atoms with E-state index in [9.17, 15) is 13.2 Å². The molecule has 0 heterocycles. The van der Waals surface area contributed by atoms with Crippen LogP contribution in [0.5, 0.6) is 0 Å². The predicted molar refractivity (Wildman–Crippen MR) is 142 cm³/mol. The molecule has 5 heteroatoms. The van der Waals surface area contributed by atoms with Crippen LogP contribution in [0, 0.1) is 0 Å². The Balaban J connectivity index is 1.77. The smallest absolute Gasteiger partial charge is 0.246 e. The Labute approximate surface area is 209 Å². The molecule has 36 heavy (non-hydrogen) atoms. The second-order valence-corrected chi connectivity index (χ2v) is 9.77. The molecule has 0 saturated carbocycles. The van der Waals surface area contributed by atoms with Crippen LogP contribution >= 0.6 is 0 Å². The Morgan fingerprint density at radius 3 is 1.61 bits per heavy atom. The van der Waals surface area contributed by atoms with E-state index in [2.05, 4.69) is 58.0 Å². The average molecular weight is 485 g/mol. The van der Waals surface area contributed by atoms with Crippen molar-refractivity contribution in [1.29, 1.82) is 0 Å². The lowest BCUT2D eigenvalue weighted by Crippen LogP contribution is -2.11. The van der Waals surface area contributed by atoms with Crippen LogP contribution in [0.4, 0.5) is 24.5 Å². The van der Waals surface area contributed by atoms with Crippen LogP contribution in [-0.4, -0.2) is 11.4 Å². The second-order valence-electron chi connectivity index (χ2n) is 9.77. The van der Waals surface area contributed by atoms with Crippen molar-refractivity contribution in [2.24, 2.45) is 9.98 Å². The molecule has 182 valence electrons. The normalized spacial score (nSPS) is 15.7. The maximum absolute atomic E-state index is 13.1. The number of para-hydroxylation sites is 1. The van der Waals surface area contributed by atoms with E-state index in [1.54, 1.807) is 0 Å². The predicted octanol–water partition coefficient (Wildman–Crippen LogP) is 9.36. The average Bonchev–Trinajstić information content (AvgIpc) is 3.13. The molecule has 0 amide bonds. The van der Waals surface area contributed by atoms with Crippen LogP contribution in [0.1, 0.15) is 67.3 Å². The molecule has 0 fully saturated rings. The zero-order valence-electron chi connectivity index (χ0n) is 20.7. The Morgan fingerprint density at radius 1 is 0.611 bits per heavy atom. The van der Waals surface area contributed by atoms with Gasteiger partial charge >= 0.3 is 6.18 Å². The summed E-state index contributed by atoms with van der Waals surface area (Å²) in [6.45, 7) is 8.63. The fourth-order valence-electron chi connectivity index (χ4n) is 4.82. The van der Waals surface area contributed by atoms with Crippen molar-refractivity contribution in [2.45, 2.75) is 45.7 Å². The van der Waals surface area contributed by atoms with Crippen LogP contribution in [0.15, 0.2) is 88.8 Å². The zero-order valence-corrected chi connectivity index (χ0v) is 20.7. The van der Waals surface area contributed by atoms with E-state index in [4.69, 9.17) is 9.98 Å². The molecule has 0 atom stereocenters. The van der Waals surface area contributed by atoms with E-state index in [1.165, 1.54) is 12.1 Å². The Hall–Kier alpha value is -3.73. The van der Waals surface area contributed by atoms with Crippen molar-refractivity contribution in [3.05, 3.63) is 107 Å². The van der Waals surface area contributed by atoms with Gasteiger partial charge in [0.05, 0.1) is 28.4 Å². The van der Waals surface area contributed by atoms with Gasteiger partial charge in [-0.3, -0.25) is 0 Å². The van der Waals surface area contributed by atoms with Crippen LogP contribution in [0.25, 0.3) is 10.8 Å². The van der Waals surface area contributed by atoms with Gasteiger partial charge in [-0.25, -0.2) is 9.98 Å². The molecule has 0 unspecified atom stereocenters.